The summed E-state index contributed by atoms with van der Waals surface area (Å²) in [5, 5.41) is 1.90. The lowest BCUT2D eigenvalue weighted by Gasteiger charge is -2.16. The summed E-state index contributed by atoms with van der Waals surface area (Å²) in [5.41, 5.74) is 1.93. The van der Waals surface area contributed by atoms with Gasteiger partial charge < -0.3 is 14.2 Å². The highest BCUT2D eigenvalue weighted by atomic mass is 16.5. The van der Waals surface area contributed by atoms with Crippen LogP contribution in [0.2, 0.25) is 0 Å². The second kappa shape index (κ2) is 5.93. The molecule has 3 rings (SSSR count). The third kappa shape index (κ3) is 2.22. The predicted octanol–water partition coefficient (Wildman–Crippen LogP) is 3.93. The van der Waals surface area contributed by atoms with Crippen LogP contribution in [0.4, 0.5) is 0 Å². The van der Waals surface area contributed by atoms with Gasteiger partial charge in [-0.15, -0.1) is 0 Å². The third-order valence-corrected chi connectivity index (χ3v) is 3.62. The van der Waals surface area contributed by atoms with E-state index in [-0.39, 0.29) is 0 Å². The Morgan fingerprint density at radius 1 is 0.773 bits per heavy atom. The molecule has 112 valence electrons. The summed E-state index contributed by atoms with van der Waals surface area (Å²) in [6, 6.07) is 13.9. The maximum Gasteiger partial charge on any atom is 0.203 e. The molecular weight excluding hydrogens is 278 g/mol. The van der Waals surface area contributed by atoms with Crippen LogP contribution in [0.5, 0.6) is 17.2 Å². The normalized spacial score (nSPS) is 10.5. The Kier molecular flexibility index (Phi) is 3.83. The first kappa shape index (κ1) is 14.2. The van der Waals surface area contributed by atoms with Gasteiger partial charge in [-0.1, -0.05) is 30.3 Å². The minimum atomic E-state index is 0.586. The van der Waals surface area contributed by atoms with E-state index in [9.17, 15) is 0 Å². The SMILES string of the molecule is COc1cc2c(-c3ccccc3)nccc2c(OC)c1OC. The van der Waals surface area contributed by atoms with Gasteiger partial charge in [-0.05, 0) is 12.1 Å². The van der Waals surface area contributed by atoms with Gasteiger partial charge >= 0.3 is 0 Å². The fourth-order valence-electron chi connectivity index (χ4n) is 2.62. The molecule has 0 amide bonds. The van der Waals surface area contributed by atoms with Gasteiger partial charge in [-0.3, -0.25) is 4.98 Å². The number of methoxy groups -OCH3 is 3. The highest BCUT2D eigenvalue weighted by Gasteiger charge is 2.18. The molecule has 0 aliphatic carbocycles. The second-order valence-electron chi connectivity index (χ2n) is 4.77. The molecule has 1 aromatic heterocycles. The van der Waals surface area contributed by atoms with Crippen LogP contribution in [0.1, 0.15) is 0 Å². The Hall–Kier alpha value is -2.75. The van der Waals surface area contributed by atoms with E-state index < -0.39 is 0 Å². The summed E-state index contributed by atoms with van der Waals surface area (Å²) in [6.45, 7) is 0. The van der Waals surface area contributed by atoms with E-state index in [2.05, 4.69) is 4.98 Å². The van der Waals surface area contributed by atoms with Crippen molar-refractivity contribution in [3.05, 3.63) is 48.7 Å². The maximum atomic E-state index is 5.55. The van der Waals surface area contributed by atoms with Gasteiger partial charge in [0.05, 0.1) is 27.0 Å². The zero-order chi connectivity index (χ0) is 15.5. The molecule has 2 aromatic carbocycles. The van der Waals surface area contributed by atoms with E-state index in [1.54, 1.807) is 27.5 Å². The minimum Gasteiger partial charge on any atom is -0.493 e. The molecule has 0 spiro atoms. The van der Waals surface area contributed by atoms with Crippen molar-refractivity contribution in [3.63, 3.8) is 0 Å². The monoisotopic (exact) mass is 295 g/mol. The van der Waals surface area contributed by atoms with Gasteiger partial charge in [0.2, 0.25) is 5.75 Å². The fourth-order valence-corrected chi connectivity index (χ4v) is 2.62. The quantitative estimate of drug-likeness (QED) is 0.731. The van der Waals surface area contributed by atoms with Gasteiger partial charge in [0.15, 0.2) is 11.5 Å². The molecule has 0 unspecified atom stereocenters. The van der Waals surface area contributed by atoms with Gasteiger partial charge in [-0.2, -0.15) is 0 Å². The van der Waals surface area contributed by atoms with E-state index in [1.807, 2.05) is 42.5 Å². The van der Waals surface area contributed by atoms with Crippen molar-refractivity contribution in [3.8, 4) is 28.5 Å². The molecule has 0 saturated heterocycles. The molecule has 0 atom stereocenters. The zero-order valence-corrected chi connectivity index (χ0v) is 12.8. The van der Waals surface area contributed by atoms with Crippen LogP contribution >= 0.6 is 0 Å². The molecular formula is C18H17NO3. The maximum absolute atomic E-state index is 5.55. The Labute approximate surface area is 129 Å². The summed E-state index contributed by atoms with van der Waals surface area (Å²) in [4.78, 5) is 4.53. The second-order valence-corrected chi connectivity index (χ2v) is 4.77. The van der Waals surface area contributed by atoms with Crippen LogP contribution < -0.4 is 14.2 Å². The zero-order valence-electron chi connectivity index (χ0n) is 12.8. The third-order valence-electron chi connectivity index (χ3n) is 3.62. The van der Waals surface area contributed by atoms with Crippen molar-refractivity contribution >= 4 is 10.8 Å². The average Bonchev–Trinajstić information content (AvgIpc) is 2.60. The molecule has 0 aliphatic rings. The van der Waals surface area contributed by atoms with Gasteiger partial charge in [-0.25, -0.2) is 0 Å². The van der Waals surface area contributed by atoms with Crippen LogP contribution in [-0.4, -0.2) is 26.3 Å². The lowest BCUT2D eigenvalue weighted by atomic mass is 10.0. The first-order valence-electron chi connectivity index (χ1n) is 6.93. The van der Waals surface area contributed by atoms with Gasteiger partial charge in [0.1, 0.15) is 0 Å². The van der Waals surface area contributed by atoms with Gasteiger partial charge in [0, 0.05) is 22.5 Å². The van der Waals surface area contributed by atoms with E-state index in [1.165, 1.54) is 0 Å². The van der Waals surface area contributed by atoms with Crippen LogP contribution in [0, 0.1) is 0 Å². The summed E-state index contributed by atoms with van der Waals surface area (Å²) < 4.78 is 16.4. The smallest absolute Gasteiger partial charge is 0.203 e. The van der Waals surface area contributed by atoms with Gasteiger partial charge in [0.25, 0.3) is 0 Å². The Bertz CT molecular complexity index is 800. The highest BCUT2D eigenvalue weighted by molar-refractivity contribution is 6.00. The number of nitrogens with zero attached hydrogens (tertiary/aromatic N) is 1. The van der Waals surface area contributed by atoms with Crippen molar-refractivity contribution < 1.29 is 14.2 Å². The molecule has 3 aromatic rings. The molecule has 1 heterocycles. The summed E-state index contributed by atoms with van der Waals surface area (Å²) in [6.07, 6.45) is 1.78. The first-order valence-corrected chi connectivity index (χ1v) is 6.93. The molecule has 4 nitrogen and oxygen atoms in total. The number of aromatic nitrogens is 1. The summed E-state index contributed by atoms with van der Waals surface area (Å²) in [5.74, 6) is 1.86. The Morgan fingerprint density at radius 3 is 2.14 bits per heavy atom. The lowest BCUT2D eigenvalue weighted by molar-refractivity contribution is 0.327. The average molecular weight is 295 g/mol. The number of benzene rings is 2. The Morgan fingerprint density at radius 2 is 1.50 bits per heavy atom. The highest BCUT2D eigenvalue weighted by Crippen LogP contribution is 2.45. The largest absolute Gasteiger partial charge is 0.493 e. The number of hydrogen-bond donors (Lipinski definition) is 0. The molecule has 4 heteroatoms. The minimum absolute atomic E-state index is 0.586. The van der Waals surface area contributed by atoms with E-state index in [0.717, 1.165) is 22.0 Å². The van der Waals surface area contributed by atoms with Crippen LogP contribution in [0.25, 0.3) is 22.0 Å². The number of pyridine rings is 1. The van der Waals surface area contributed by atoms with Crippen molar-refractivity contribution in [1.29, 1.82) is 0 Å². The summed E-state index contributed by atoms with van der Waals surface area (Å²) in [7, 11) is 4.84. The number of hydrogen-bond acceptors (Lipinski definition) is 4. The number of fused-ring (bicyclic) bond motifs is 1. The van der Waals surface area contributed by atoms with Crippen molar-refractivity contribution in [2.24, 2.45) is 0 Å². The molecule has 0 saturated carbocycles. The Balaban J connectivity index is 2.38. The van der Waals surface area contributed by atoms with Crippen LogP contribution in [-0.2, 0) is 0 Å². The summed E-state index contributed by atoms with van der Waals surface area (Å²) >= 11 is 0. The van der Waals surface area contributed by atoms with Crippen molar-refractivity contribution in [2.45, 2.75) is 0 Å². The fraction of sp³-hybridized carbons (Fsp3) is 0.167. The van der Waals surface area contributed by atoms with Crippen LogP contribution in [0.3, 0.4) is 0 Å². The molecule has 0 N–H and O–H groups in total. The molecule has 22 heavy (non-hydrogen) atoms. The molecule has 0 bridgehead atoms. The standard InChI is InChI=1S/C18H17NO3/c1-20-15-11-14-13(17(21-2)18(15)22-3)9-10-19-16(14)12-7-5-4-6-8-12/h4-11H,1-3H3. The predicted molar refractivity (Wildman–Crippen MR) is 86.8 cm³/mol. The molecule has 0 radical (unpaired) electrons. The van der Waals surface area contributed by atoms with Crippen molar-refractivity contribution in [1.82, 2.24) is 4.98 Å². The first-order chi connectivity index (χ1) is 10.8. The van der Waals surface area contributed by atoms with Crippen LogP contribution in [0.15, 0.2) is 48.7 Å². The topological polar surface area (TPSA) is 40.6 Å². The molecule has 0 fully saturated rings. The van der Waals surface area contributed by atoms with E-state index in [0.29, 0.717) is 17.2 Å². The van der Waals surface area contributed by atoms with E-state index >= 15 is 0 Å². The van der Waals surface area contributed by atoms with Crippen molar-refractivity contribution in [2.75, 3.05) is 21.3 Å². The molecule has 0 aliphatic heterocycles. The lowest BCUT2D eigenvalue weighted by Crippen LogP contribution is -1.97. The number of ether oxygens (including phenoxy) is 3. The van der Waals surface area contributed by atoms with E-state index in [4.69, 9.17) is 14.2 Å². The number of rotatable bonds is 4.